The Kier molecular flexibility index (Phi) is 23.9. The molecule has 0 aliphatic carbocycles. The van der Waals surface area contributed by atoms with Crippen molar-refractivity contribution < 1.29 is 48.4 Å². The first kappa shape index (κ1) is 52.9. The molecule has 0 amide bonds. The molecule has 24 heteroatoms. The Morgan fingerprint density at radius 3 is 1.81 bits per heavy atom. The van der Waals surface area contributed by atoms with E-state index >= 15 is 0 Å². The molecule has 22 nitrogen and oxygen atoms in total. The van der Waals surface area contributed by atoms with E-state index in [0.717, 1.165) is 22.3 Å². The van der Waals surface area contributed by atoms with E-state index in [-0.39, 0.29) is 26.7 Å². The van der Waals surface area contributed by atoms with Gasteiger partial charge in [0.1, 0.15) is 17.7 Å². The first-order chi connectivity index (χ1) is 33.1. The van der Waals surface area contributed by atoms with E-state index in [1.807, 2.05) is 30.3 Å². The number of aromatic nitrogens is 5. The Labute approximate surface area is 411 Å². The van der Waals surface area contributed by atoms with Crippen LogP contribution >= 0.6 is 12.9 Å². The standard InChI is InChI=1S/C22H25N7O4S.C22H2.H3N7O4S.11H2/c1-33-18-5-3-16(4-6-18)14-28-20-19(21-24-15-25-29(21)22(28)30)11-17(12-23-20)13-26-7-9-27(10-8-26)34(2,31)32;1-3-5-7-9-11-13-15-17-19-21-22-20-18-16-14-12-10-8-6-4-2;1-2-3-4-5-6-7(9-8)10-11-12;;;;;;;;;;;/h3-6,11-12,15H,7-10,13-14H2,1-2H3;1-2H;1,8,12H;11*1H/b;;2-1?,4-3+,6-5+;;;;;;;;;;;. The summed E-state index contributed by atoms with van der Waals surface area (Å²) in [7, 11) is -1.56. The van der Waals surface area contributed by atoms with Gasteiger partial charge in [0.2, 0.25) is 10.0 Å². The maximum atomic E-state index is 13.1. The Bertz CT molecular complexity index is 3330. The van der Waals surface area contributed by atoms with Crippen LogP contribution in [0.15, 0.2) is 73.8 Å². The fourth-order valence-corrected chi connectivity index (χ4v) is 5.89. The normalized spacial score (nSPS) is 11.1. The molecule has 4 heterocycles. The van der Waals surface area contributed by atoms with Crippen LogP contribution < -0.4 is 10.4 Å². The van der Waals surface area contributed by atoms with Gasteiger partial charge in [-0.15, -0.1) is 17.2 Å². The van der Waals surface area contributed by atoms with Crippen molar-refractivity contribution in [1.29, 1.82) is 5.53 Å². The number of pyridine rings is 1. The molecule has 0 bridgehead atoms. The molecule has 2 N–H and O–H groups in total. The van der Waals surface area contributed by atoms with Crippen molar-refractivity contribution >= 4 is 39.6 Å². The predicted molar refractivity (Wildman–Crippen MR) is 269 cm³/mol. The molecule has 1 aromatic carbocycles. The number of piperazine rings is 1. The Balaban J connectivity index is -0.000000138. The molecule has 1 aliphatic heterocycles. The van der Waals surface area contributed by atoms with Gasteiger partial charge in [-0.1, -0.05) is 17.1 Å². The fourth-order valence-electron chi connectivity index (χ4n) is 5.00. The highest BCUT2D eigenvalue weighted by Gasteiger charge is 2.24. The van der Waals surface area contributed by atoms with Crippen molar-refractivity contribution in [2.24, 2.45) is 26.1 Å². The van der Waals surface area contributed by atoms with Gasteiger partial charge >= 0.3 is 5.69 Å². The van der Waals surface area contributed by atoms with Gasteiger partial charge in [-0.25, -0.2) is 28.4 Å². The van der Waals surface area contributed by atoms with Crippen LogP contribution in [0.4, 0.5) is 0 Å². The summed E-state index contributed by atoms with van der Waals surface area (Å²) in [6, 6.07) is 9.51. The zero-order valence-electron chi connectivity index (χ0n) is 35.4. The van der Waals surface area contributed by atoms with E-state index in [1.54, 1.807) is 17.9 Å². The van der Waals surface area contributed by atoms with E-state index in [2.05, 4.69) is 192 Å². The van der Waals surface area contributed by atoms with Crippen molar-refractivity contribution in [3.05, 3.63) is 64.5 Å². The van der Waals surface area contributed by atoms with E-state index < -0.39 is 10.0 Å². The Morgan fingerprint density at radius 2 is 1.34 bits per heavy atom. The number of benzene rings is 1. The van der Waals surface area contributed by atoms with Crippen molar-refractivity contribution in [1.82, 2.24) is 38.7 Å². The number of nitrogens with zero attached hydrogens (tertiary/aromatic N) is 13. The second-order valence-corrected chi connectivity index (χ2v) is 14.0. The SMILES string of the molecule is C#CC#CC#CC#CC#CC#CC#CC#CC#CC#CC#C.COc1ccc(Cn2c(=O)n3ncnc3c3cc(CN4CCN(S(C)(=O)=O)CC4)cnc32)cc1.N=N/N=N/N=N/N(OO)OOS.[HH].[HH].[HH].[HH].[HH].[HH].[HH].[HH].[HH].[HH].[HH]. The third-order valence-corrected chi connectivity index (χ3v) is 9.07. The number of thiol groups is 1. The minimum Gasteiger partial charge on any atom is -0.497 e. The lowest BCUT2D eigenvalue weighted by atomic mass is 10.2. The second kappa shape index (κ2) is 30.6. The summed E-state index contributed by atoms with van der Waals surface area (Å²) in [6.07, 6.45) is 14.2. The topological polar surface area (TPSA) is 252 Å². The summed E-state index contributed by atoms with van der Waals surface area (Å²) in [6.45, 7) is 3.17. The lowest BCUT2D eigenvalue weighted by Crippen LogP contribution is -2.47. The lowest BCUT2D eigenvalue weighted by molar-refractivity contribution is -0.572. The van der Waals surface area contributed by atoms with E-state index in [0.29, 0.717) is 50.6 Å². The Hall–Kier alpha value is -9.40. The number of hydrogen-bond acceptors (Lipinski definition) is 15. The number of nitrogens with one attached hydrogen (secondary N) is 1. The number of sulfonamides is 1. The van der Waals surface area contributed by atoms with Crippen LogP contribution in [0.5, 0.6) is 5.75 Å². The van der Waals surface area contributed by atoms with Crippen molar-refractivity contribution in [3.8, 4) is 137 Å². The van der Waals surface area contributed by atoms with Crippen LogP contribution in [0.1, 0.15) is 26.8 Å². The van der Waals surface area contributed by atoms with E-state index in [1.165, 1.54) is 21.4 Å². The molecular weight excluding hydrogens is 917 g/mol. The molecule has 5 rings (SSSR count). The average molecular weight is 969 g/mol. The van der Waals surface area contributed by atoms with Crippen molar-refractivity contribution in [3.63, 3.8) is 0 Å². The molecule has 3 aromatic heterocycles. The number of rotatable bonds is 12. The van der Waals surface area contributed by atoms with Crippen LogP contribution in [0.3, 0.4) is 0 Å². The van der Waals surface area contributed by atoms with Gasteiger partial charge in [-0.05, 0) is 145 Å². The lowest BCUT2D eigenvalue weighted by Gasteiger charge is -2.33. The first-order valence-electron chi connectivity index (χ1n) is 18.3. The van der Waals surface area contributed by atoms with Gasteiger partial charge in [-0.2, -0.15) is 19.5 Å². The van der Waals surface area contributed by atoms with Gasteiger partial charge in [-0.3, -0.25) is 9.47 Å². The van der Waals surface area contributed by atoms with Crippen LogP contribution in [-0.2, 0) is 37.4 Å². The van der Waals surface area contributed by atoms with E-state index in [9.17, 15) is 13.2 Å². The number of methoxy groups -OCH3 is 1. The summed E-state index contributed by atoms with van der Waals surface area (Å²) in [5, 5.41) is 26.4. The monoisotopic (exact) mass is 968 g/mol. The summed E-state index contributed by atoms with van der Waals surface area (Å²) >= 11 is 3.12. The fraction of sp³-hybridized carbons (Fsp3) is 0.182. The summed E-state index contributed by atoms with van der Waals surface area (Å²) in [4.78, 5) is 31.5. The predicted octanol–water partition coefficient (Wildman–Crippen LogP) is 4.64. The molecule has 0 unspecified atom stereocenters. The number of ether oxygens (including phenoxy) is 1. The first-order valence-corrected chi connectivity index (χ1v) is 20.5. The van der Waals surface area contributed by atoms with Crippen LogP contribution in [0, 0.1) is 137 Å². The Morgan fingerprint density at radius 1 is 0.794 bits per heavy atom. The van der Waals surface area contributed by atoms with Gasteiger partial charge < -0.3 is 4.74 Å². The summed E-state index contributed by atoms with van der Waals surface area (Å²) in [5.41, 5.74) is 8.68. The maximum absolute atomic E-state index is 13.1. The second-order valence-electron chi connectivity index (χ2n) is 11.8. The van der Waals surface area contributed by atoms with E-state index in [4.69, 9.17) is 28.4 Å². The zero-order valence-corrected chi connectivity index (χ0v) is 37.1. The van der Waals surface area contributed by atoms with Gasteiger partial charge in [0.25, 0.3) is 0 Å². The molecule has 1 aliphatic rings. The highest BCUT2D eigenvalue weighted by atomic mass is 32.2. The van der Waals surface area contributed by atoms with Gasteiger partial charge in [0.05, 0.1) is 30.6 Å². The zero-order chi connectivity index (χ0) is 49.2. The molecular formula is C44H52N14O8S2. The maximum Gasteiger partial charge on any atom is 0.352 e. The molecule has 0 atom stereocenters. The minimum absolute atomic E-state index is 0. The largest absolute Gasteiger partial charge is 0.497 e. The average Bonchev–Trinajstić information content (AvgIpc) is 3.85. The molecule has 68 heavy (non-hydrogen) atoms. The highest BCUT2D eigenvalue weighted by molar-refractivity contribution is 7.88. The van der Waals surface area contributed by atoms with Crippen molar-refractivity contribution in [2.45, 2.75) is 13.1 Å². The van der Waals surface area contributed by atoms with Gasteiger partial charge in [0.15, 0.2) is 5.65 Å². The van der Waals surface area contributed by atoms with Crippen LogP contribution in [0.25, 0.3) is 16.7 Å². The van der Waals surface area contributed by atoms with Gasteiger partial charge in [0, 0.05) is 102 Å². The third kappa shape index (κ3) is 19.1. The highest BCUT2D eigenvalue weighted by Crippen LogP contribution is 2.20. The third-order valence-electron chi connectivity index (χ3n) is 7.70. The number of hydrogen-bond donors (Lipinski definition) is 3. The summed E-state index contributed by atoms with van der Waals surface area (Å²) < 4.78 is 36.8. The molecule has 358 valence electrons. The molecule has 0 radical (unpaired) electrons. The van der Waals surface area contributed by atoms with Crippen LogP contribution in [-0.4, -0.2) is 91.9 Å². The quantitative estimate of drug-likeness (QED) is 0.0438. The number of fused-ring (bicyclic) bond motifs is 3. The molecule has 1 fully saturated rings. The van der Waals surface area contributed by atoms with Crippen molar-refractivity contribution in [2.75, 3.05) is 39.5 Å². The molecule has 1 saturated heterocycles. The minimum atomic E-state index is -3.17. The molecule has 0 saturated carbocycles. The molecule has 4 aromatic rings. The van der Waals surface area contributed by atoms with Crippen LogP contribution in [0.2, 0.25) is 0 Å². The summed E-state index contributed by atoms with van der Waals surface area (Å²) in [5.74, 6) is 48.9. The molecule has 0 spiro atoms. The smallest absolute Gasteiger partial charge is 0.352 e. The number of terminal acetylenes is 2.